The molecule has 0 aromatic heterocycles. The van der Waals surface area contributed by atoms with Crippen molar-refractivity contribution < 1.29 is 28.6 Å². The monoisotopic (exact) mass is 1110 g/mol. The molecule has 464 valence electrons. The zero-order valence-electron chi connectivity index (χ0n) is 53.4. The van der Waals surface area contributed by atoms with Gasteiger partial charge in [0.15, 0.2) is 6.10 Å². The van der Waals surface area contributed by atoms with Gasteiger partial charge < -0.3 is 14.2 Å². The Balaban J connectivity index is 4.21. The molecule has 0 aromatic carbocycles. The lowest BCUT2D eigenvalue weighted by molar-refractivity contribution is -0.167. The van der Waals surface area contributed by atoms with Crippen LogP contribution < -0.4 is 0 Å². The summed E-state index contributed by atoms with van der Waals surface area (Å²) in [4.78, 5) is 38.4. The van der Waals surface area contributed by atoms with Crippen molar-refractivity contribution in [3.63, 3.8) is 0 Å². The van der Waals surface area contributed by atoms with Crippen molar-refractivity contribution >= 4 is 17.9 Å². The third-order valence-corrected chi connectivity index (χ3v) is 16.2. The van der Waals surface area contributed by atoms with Gasteiger partial charge in [0, 0.05) is 19.3 Å². The van der Waals surface area contributed by atoms with Crippen molar-refractivity contribution in [1.29, 1.82) is 0 Å². The molecule has 0 rings (SSSR count). The molecule has 0 N–H and O–H groups in total. The van der Waals surface area contributed by atoms with Crippen molar-refractivity contribution in [1.82, 2.24) is 0 Å². The van der Waals surface area contributed by atoms with E-state index in [9.17, 15) is 14.4 Å². The molecule has 6 nitrogen and oxygen atoms in total. The van der Waals surface area contributed by atoms with Crippen molar-refractivity contribution in [2.75, 3.05) is 13.2 Å². The highest BCUT2D eigenvalue weighted by Crippen LogP contribution is 2.19. The molecule has 0 aromatic rings. The van der Waals surface area contributed by atoms with Crippen LogP contribution in [0.3, 0.4) is 0 Å². The van der Waals surface area contributed by atoms with Crippen LogP contribution in [0, 0.1) is 0 Å². The smallest absolute Gasteiger partial charge is 0.306 e. The first kappa shape index (κ1) is 76.6. The SMILES string of the molecule is CC/C=C\C/C=C\C/C=C\CCCCCCCCCC(=O)OC(COC(=O)CCCCCCCCCCCCCCCCCC)COC(=O)CCCCCCCCCCCCCCCCCCCCCCCCCCCCCC. The fourth-order valence-corrected chi connectivity index (χ4v) is 10.9. The number of carbonyl (C=O) groups excluding carboxylic acids is 3. The second-order valence-electron chi connectivity index (χ2n) is 24.1. The Labute approximate surface area is 493 Å². The van der Waals surface area contributed by atoms with Crippen molar-refractivity contribution in [2.24, 2.45) is 0 Å². The normalized spacial score (nSPS) is 12.2. The van der Waals surface area contributed by atoms with E-state index in [1.807, 2.05) is 0 Å². The fourth-order valence-electron chi connectivity index (χ4n) is 10.9. The Hall–Kier alpha value is -2.37. The predicted molar refractivity (Wildman–Crippen MR) is 344 cm³/mol. The minimum atomic E-state index is -0.775. The Morgan fingerprint density at radius 2 is 0.494 bits per heavy atom. The molecule has 6 heteroatoms. The van der Waals surface area contributed by atoms with E-state index in [4.69, 9.17) is 14.2 Å². The number of ether oxygens (including phenoxy) is 3. The molecular formula is C73H136O6. The van der Waals surface area contributed by atoms with Crippen LogP contribution in [0.5, 0.6) is 0 Å². The molecule has 0 aliphatic carbocycles. The Morgan fingerprint density at radius 1 is 0.266 bits per heavy atom. The number of carbonyl (C=O) groups is 3. The summed E-state index contributed by atoms with van der Waals surface area (Å²) in [6.45, 7) is 6.60. The van der Waals surface area contributed by atoms with E-state index in [0.29, 0.717) is 19.3 Å². The minimum absolute atomic E-state index is 0.0705. The van der Waals surface area contributed by atoms with Gasteiger partial charge in [-0.15, -0.1) is 0 Å². The number of esters is 3. The Morgan fingerprint density at radius 3 is 0.772 bits per heavy atom. The molecule has 0 amide bonds. The molecular weight excluding hydrogens is 973 g/mol. The largest absolute Gasteiger partial charge is 0.462 e. The number of hydrogen-bond acceptors (Lipinski definition) is 6. The van der Waals surface area contributed by atoms with Gasteiger partial charge in [0.1, 0.15) is 13.2 Å². The van der Waals surface area contributed by atoms with Crippen LogP contribution >= 0.6 is 0 Å². The number of unbranched alkanes of at least 4 members (excludes halogenated alkanes) is 49. The maximum absolute atomic E-state index is 12.9. The highest BCUT2D eigenvalue weighted by molar-refractivity contribution is 5.71. The molecule has 1 unspecified atom stereocenters. The van der Waals surface area contributed by atoms with Crippen LogP contribution in [0.2, 0.25) is 0 Å². The topological polar surface area (TPSA) is 78.9 Å². The maximum Gasteiger partial charge on any atom is 0.306 e. The van der Waals surface area contributed by atoms with Crippen molar-refractivity contribution in [2.45, 2.75) is 399 Å². The quantitative estimate of drug-likeness (QED) is 0.0261. The lowest BCUT2D eigenvalue weighted by atomic mass is 10.0. The summed E-state index contributed by atoms with van der Waals surface area (Å²) in [5.74, 6) is -0.850. The summed E-state index contributed by atoms with van der Waals surface area (Å²) in [5.41, 5.74) is 0. The number of hydrogen-bond donors (Lipinski definition) is 0. The third-order valence-electron chi connectivity index (χ3n) is 16.2. The standard InChI is InChI=1S/C73H136O6/c1-4-7-10-13-16-19-22-25-28-31-32-33-34-35-36-37-38-39-40-41-43-45-48-51-54-57-60-63-66-72(75)78-69-70(68-77-71(74)65-62-59-56-53-50-47-44-30-27-24-21-18-15-12-9-6-3)79-73(76)67-64-61-58-55-52-49-46-42-29-26-23-20-17-14-11-8-5-2/h8,11,17,20,26,29,70H,4-7,9-10,12-16,18-19,21-25,27-28,30-69H2,1-3H3/b11-8-,20-17-,29-26-. The maximum atomic E-state index is 12.9. The molecule has 0 bridgehead atoms. The molecule has 0 aliphatic heterocycles. The van der Waals surface area contributed by atoms with Gasteiger partial charge >= 0.3 is 17.9 Å². The van der Waals surface area contributed by atoms with E-state index in [0.717, 1.165) is 83.5 Å². The van der Waals surface area contributed by atoms with Crippen molar-refractivity contribution in [3.8, 4) is 0 Å². The molecule has 0 saturated carbocycles. The lowest BCUT2D eigenvalue weighted by Crippen LogP contribution is -2.30. The van der Waals surface area contributed by atoms with E-state index in [2.05, 4.69) is 57.2 Å². The van der Waals surface area contributed by atoms with E-state index >= 15 is 0 Å². The second kappa shape index (κ2) is 68.1. The predicted octanol–water partition coefficient (Wildman–Crippen LogP) is 24.3. The highest BCUT2D eigenvalue weighted by atomic mass is 16.6. The molecule has 0 spiro atoms. The molecule has 0 aliphatic rings. The number of rotatable bonds is 66. The first-order valence-corrected chi connectivity index (χ1v) is 35.5. The first-order chi connectivity index (χ1) is 39.0. The molecule has 0 saturated heterocycles. The molecule has 1 atom stereocenters. The van der Waals surface area contributed by atoms with E-state index in [1.54, 1.807) is 0 Å². The fraction of sp³-hybridized carbons (Fsp3) is 0.877. The van der Waals surface area contributed by atoms with E-state index in [1.165, 1.54) is 270 Å². The molecule has 79 heavy (non-hydrogen) atoms. The van der Waals surface area contributed by atoms with Gasteiger partial charge in [0.05, 0.1) is 0 Å². The van der Waals surface area contributed by atoms with E-state index in [-0.39, 0.29) is 31.1 Å². The van der Waals surface area contributed by atoms with E-state index < -0.39 is 6.10 Å². The van der Waals surface area contributed by atoms with Gasteiger partial charge in [-0.05, 0) is 51.4 Å². The average Bonchev–Trinajstić information content (AvgIpc) is 3.45. The van der Waals surface area contributed by atoms with Gasteiger partial charge in [-0.2, -0.15) is 0 Å². The zero-order valence-corrected chi connectivity index (χ0v) is 53.4. The van der Waals surface area contributed by atoms with Gasteiger partial charge in [-0.3, -0.25) is 14.4 Å². The minimum Gasteiger partial charge on any atom is -0.462 e. The Bertz CT molecular complexity index is 1320. The van der Waals surface area contributed by atoms with Crippen LogP contribution in [0.15, 0.2) is 36.5 Å². The van der Waals surface area contributed by atoms with Gasteiger partial charge in [-0.1, -0.05) is 359 Å². The van der Waals surface area contributed by atoms with Crippen LogP contribution in [-0.4, -0.2) is 37.2 Å². The van der Waals surface area contributed by atoms with Crippen molar-refractivity contribution in [3.05, 3.63) is 36.5 Å². The summed E-state index contributed by atoms with van der Waals surface area (Å²) in [7, 11) is 0. The number of allylic oxidation sites excluding steroid dienone is 6. The lowest BCUT2D eigenvalue weighted by Gasteiger charge is -2.18. The summed E-state index contributed by atoms with van der Waals surface area (Å²) in [6, 6.07) is 0. The first-order valence-electron chi connectivity index (χ1n) is 35.5. The second-order valence-corrected chi connectivity index (χ2v) is 24.1. The van der Waals surface area contributed by atoms with Crippen LogP contribution in [0.4, 0.5) is 0 Å². The van der Waals surface area contributed by atoms with Gasteiger partial charge in [-0.25, -0.2) is 0 Å². The summed E-state index contributed by atoms with van der Waals surface area (Å²) >= 11 is 0. The van der Waals surface area contributed by atoms with Gasteiger partial charge in [0.2, 0.25) is 0 Å². The van der Waals surface area contributed by atoms with Gasteiger partial charge in [0.25, 0.3) is 0 Å². The molecule has 0 heterocycles. The Kier molecular flexibility index (Phi) is 66.1. The average molecular weight is 1110 g/mol. The summed E-state index contributed by atoms with van der Waals surface area (Å²) in [6.07, 6.45) is 84.7. The summed E-state index contributed by atoms with van der Waals surface area (Å²) < 4.78 is 17.0. The van der Waals surface area contributed by atoms with Crippen LogP contribution in [-0.2, 0) is 28.6 Å². The van der Waals surface area contributed by atoms with Crippen LogP contribution in [0.25, 0.3) is 0 Å². The third kappa shape index (κ3) is 66.3. The highest BCUT2D eigenvalue weighted by Gasteiger charge is 2.19. The summed E-state index contributed by atoms with van der Waals surface area (Å²) in [5, 5.41) is 0. The molecule has 0 radical (unpaired) electrons. The zero-order chi connectivity index (χ0) is 57.1. The molecule has 0 fully saturated rings. The van der Waals surface area contributed by atoms with Crippen LogP contribution in [0.1, 0.15) is 393 Å².